The van der Waals surface area contributed by atoms with Gasteiger partial charge >= 0.3 is 0 Å². The minimum absolute atomic E-state index is 0.408. The van der Waals surface area contributed by atoms with E-state index < -0.39 is 10.0 Å². The van der Waals surface area contributed by atoms with Crippen LogP contribution >= 0.6 is 0 Å². The molecule has 2 N–H and O–H groups in total. The standard InChI is InChI=1S/C11H16N2O2S/c1-16(14,15)13-11-5-3-2-4-10(11)9-6-7-12-8-9/h2-5,9,12-13H,6-8H2,1H3. The van der Waals surface area contributed by atoms with E-state index in [1.54, 1.807) is 0 Å². The maximum Gasteiger partial charge on any atom is 0.229 e. The molecule has 0 saturated carbocycles. The third-order valence-corrected chi connectivity index (χ3v) is 3.35. The summed E-state index contributed by atoms with van der Waals surface area (Å²) in [6.07, 6.45) is 2.24. The van der Waals surface area contributed by atoms with Crippen LogP contribution in [0, 0.1) is 0 Å². The zero-order valence-electron chi connectivity index (χ0n) is 9.23. The molecule has 88 valence electrons. The molecule has 0 spiro atoms. The lowest BCUT2D eigenvalue weighted by atomic mass is 9.97. The molecule has 1 saturated heterocycles. The van der Waals surface area contributed by atoms with Crippen LogP contribution < -0.4 is 10.0 Å². The summed E-state index contributed by atoms with van der Waals surface area (Å²) in [5.74, 6) is 0.408. The lowest BCUT2D eigenvalue weighted by Gasteiger charge is -2.15. The smallest absolute Gasteiger partial charge is 0.229 e. The number of sulfonamides is 1. The van der Waals surface area contributed by atoms with Gasteiger partial charge in [0.15, 0.2) is 0 Å². The molecule has 1 heterocycles. The van der Waals surface area contributed by atoms with Gasteiger partial charge < -0.3 is 5.32 Å². The van der Waals surface area contributed by atoms with Crippen LogP contribution in [0.3, 0.4) is 0 Å². The number of nitrogens with one attached hydrogen (secondary N) is 2. The molecule has 2 rings (SSSR count). The number of benzene rings is 1. The van der Waals surface area contributed by atoms with Crippen LogP contribution in [0.1, 0.15) is 17.9 Å². The molecule has 1 aromatic carbocycles. The quantitative estimate of drug-likeness (QED) is 0.833. The molecule has 0 bridgehead atoms. The fraction of sp³-hybridized carbons (Fsp3) is 0.455. The molecule has 4 nitrogen and oxygen atoms in total. The van der Waals surface area contributed by atoms with Crippen molar-refractivity contribution in [1.29, 1.82) is 0 Å². The Kier molecular flexibility index (Phi) is 3.16. The van der Waals surface area contributed by atoms with Crippen LogP contribution in [0.5, 0.6) is 0 Å². The Morgan fingerprint density at radius 2 is 2.12 bits per heavy atom. The van der Waals surface area contributed by atoms with Gasteiger partial charge in [0.1, 0.15) is 0 Å². The summed E-state index contributed by atoms with van der Waals surface area (Å²) in [5.41, 5.74) is 1.79. The van der Waals surface area contributed by atoms with Gasteiger partial charge in [-0.2, -0.15) is 0 Å². The molecule has 5 heteroatoms. The van der Waals surface area contributed by atoms with Gasteiger partial charge in [-0.05, 0) is 30.5 Å². The van der Waals surface area contributed by atoms with Crippen molar-refractivity contribution in [2.24, 2.45) is 0 Å². The molecule has 0 radical (unpaired) electrons. The maximum atomic E-state index is 11.2. The molecule has 1 aliphatic heterocycles. The van der Waals surface area contributed by atoms with Gasteiger partial charge in [-0.15, -0.1) is 0 Å². The van der Waals surface area contributed by atoms with E-state index >= 15 is 0 Å². The Morgan fingerprint density at radius 1 is 1.38 bits per heavy atom. The van der Waals surface area contributed by atoms with Crippen LogP contribution in [0.25, 0.3) is 0 Å². The Labute approximate surface area is 96.1 Å². The van der Waals surface area contributed by atoms with Crippen LogP contribution in [-0.2, 0) is 10.0 Å². The summed E-state index contributed by atoms with van der Waals surface area (Å²) >= 11 is 0. The largest absolute Gasteiger partial charge is 0.316 e. The first-order valence-electron chi connectivity index (χ1n) is 5.34. The second-order valence-electron chi connectivity index (χ2n) is 4.15. The predicted octanol–water partition coefficient (Wildman–Crippen LogP) is 1.14. The van der Waals surface area contributed by atoms with E-state index in [0.717, 1.165) is 25.1 Å². The summed E-state index contributed by atoms with van der Waals surface area (Å²) in [6.45, 7) is 1.92. The molecular weight excluding hydrogens is 224 g/mol. The van der Waals surface area contributed by atoms with Crippen LogP contribution in [0.2, 0.25) is 0 Å². The molecule has 1 fully saturated rings. The second-order valence-corrected chi connectivity index (χ2v) is 5.90. The zero-order chi connectivity index (χ0) is 11.6. The normalized spacial score (nSPS) is 20.9. The van der Waals surface area contributed by atoms with Gasteiger partial charge in [0, 0.05) is 6.54 Å². The van der Waals surface area contributed by atoms with Gasteiger partial charge in [-0.1, -0.05) is 18.2 Å². The van der Waals surface area contributed by atoms with Gasteiger partial charge in [0.05, 0.1) is 11.9 Å². The Balaban J connectivity index is 2.30. The molecule has 0 amide bonds. The van der Waals surface area contributed by atoms with E-state index in [4.69, 9.17) is 0 Å². The summed E-state index contributed by atoms with van der Waals surface area (Å²) in [7, 11) is -3.20. The molecule has 1 aromatic rings. The highest BCUT2D eigenvalue weighted by atomic mass is 32.2. The molecule has 0 aliphatic carbocycles. The van der Waals surface area contributed by atoms with Gasteiger partial charge in [0.2, 0.25) is 10.0 Å². The first-order valence-corrected chi connectivity index (χ1v) is 7.23. The van der Waals surface area contributed by atoms with Crippen LogP contribution in [-0.4, -0.2) is 27.8 Å². The van der Waals surface area contributed by atoms with E-state index in [2.05, 4.69) is 10.0 Å². The van der Waals surface area contributed by atoms with Crippen LogP contribution in [0.15, 0.2) is 24.3 Å². The van der Waals surface area contributed by atoms with E-state index in [9.17, 15) is 8.42 Å². The average molecular weight is 240 g/mol. The van der Waals surface area contributed by atoms with E-state index in [1.807, 2.05) is 24.3 Å². The van der Waals surface area contributed by atoms with Gasteiger partial charge in [-0.3, -0.25) is 4.72 Å². The molecule has 1 unspecified atom stereocenters. The predicted molar refractivity (Wildman–Crippen MR) is 65.1 cm³/mol. The average Bonchev–Trinajstić information content (AvgIpc) is 2.69. The van der Waals surface area contributed by atoms with Crippen molar-refractivity contribution >= 4 is 15.7 Å². The molecule has 1 atom stereocenters. The van der Waals surface area contributed by atoms with Crippen molar-refractivity contribution < 1.29 is 8.42 Å². The van der Waals surface area contributed by atoms with Crippen molar-refractivity contribution in [3.63, 3.8) is 0 Å². The van der Waals surface area contributed by atoms with Crippen molar-refractivity contribution in [3.8, 4) is 0 Å². The van der Waals surface area contributed by atoms with Crippen molar-refractivity contribution in [3.05, 3.63) is 29.8 Å². The highest BCUT2D eigenvalue weighted by molar-refractivity contribution is 7.92. The maximum absolute atomic E-state index is 11.2. The van der Waals surface area contributed by atoms with E-state index in [-0.39, 0.29) is 0 Å². The minimum Gasteiger partial charge on any atom is -0.316 e. The number of hydrogen-bond donors (Lipinski definition) is 2. The third-order valence-electron chi connectivity index (χ3n) is 2.76. The number of para-hydroxylation sites is 1. The van der Waals surface area contributed by atoms with E-state index in [1.165, 1.54) is 6.26 Å². The summed E-state index contributed by atoms with van der Waals surface area (Å²) in [6, 6.07) is 7.60. The highest BCUT2D eigenvalue weighted by Gasteiger charge is 2.20. The van der Waals surface area contributed by atoms with Crippen molar-refractivity contribution in [1.82, 2.24) is 5.32 Å². The monoisotopic (exact) mass is 240 g/mol. The summed E-state index contributed by atoms with van der Waals surface area (Å²) < 4.78 is 25.1. The Hall–Kier alpha value is -1.07. The fourth-order valence-electron chi connectivity index (χ4n) is 2.07. The Bertz CT molecular complexity index is 465. The molecule has 0 aromatic heterocycles. The van der Waals surface area contributed by atoms with Gasteiger partial charge in [0.25, 0.3) is 0 Å². The molecular formula is C11H16N2O2S. The number of hydrogen-bond acceptors (Lipinski definition) is 3. The summed E-state index contributed by atoms with van der Waals surface area (Å²) in [4.78, 5) is 0. The third kappa shape index (κ3) is 2.74. The Morgan fingerprint density at radius 3 is 2.75 bits per heavy atom. The van der Waals surface area contributed by atoms with E-state index in [0.29, 0.717) is 11.6 Å². The first kappa shape index (κ1) is 11.4. The molecule has 1 aliphatic rings. The minimum atomic E-state index is -3.20. The summed E-state index contributed by atoms with van der Waals surface area (Å²) in [5, 5.41) is 3.28. The number of anilines is 1. The lowest BCUT2D eigenvalue weighted by molar-refractivity contribution is 0.606. The van der Waals surface area contributed by atoms with Gasteiger partial charge in [-0.25, -0.2) is 8.42 Å². The highest BCUT2D eigenvalue weighted by Crippen LogP contribution is 2.29. The number of rotatable bonds is 3. The zero-order valence-corrected chi connectivity index (χ0v) is 10.0. The first-order chi connectivity index (χ1) is 7.56. The second kappa shape index (κ2) is 4.43. The SMILES string of the molecule is CS(=O)(=O)Nc1ccccc1C1CCNC1. The van der Waals surface area contributed by atoms with Crippen molar-refractivity contribution in [2.75, 3.05) is 24.1 Å². The van der Waals surface area contributed by atoms with Crippen LogP contribution in [0.4, 0.5) is 5.69 Å². The topological polar surface area (TPSA) is 58.2 Å². The fourth-order valence-corrected chi connectivity index (χ4v) is 2.65. The lowest BCUT2D eigenvalue weighted by Crippen LogP contribution is -2.14. The molecule has 16 heavy (non-hydrogen) atoms. The van der Waals surface area contributed by atoms with Crippen molar-refractivity contribution in [2.45, 2.75) is 12.3 Å².